The van der Waals surface area contributed by atoms with Crippen molar-refractivity contribution in [1.82, 2.24) is 10.6 Å². The van der Waals surface area contributed by atoms with Gasteiger partial charge in [-0.1, -0.05) is 50.2 Å². The maximum atomic E-state index is 13.9. The molecule has 3 atom stereocenters. The highest BCUT2D eigenvalue weighted by Gasteiger charge is 2.34. The molecule has 0 heterocycles. The standard InChI is InChI=1S/C42H52N2O11/c1-24(2)19-32(43-39(47)36(46)31(20-25-13-11-10-12-14-25)44-41(49)55-42(3,4)5)40(48)54-34-21-26(15-18-33(34)50-6)29-22-27(45)16-17-28-30(29)23-35(51-7)38(53-9)37(28)52-8/h10-15,18,21-24,31-32,36,46H,16-17,19-20H2,1-9H3,(H,43,47)(H,44,49). The van der Waals surface area contributed by atoms with Crippen molar-refractivity contribution in [3.05, 3.63) is 82.9 Å². The van der Waals surface area contributed by atoms with Gasteiger partial charge < -0.3 is 44.2 Å². The number of benzene rings is 3. The second kappa shape index (κ2) is 18.7. The van der Waals surface area contributed by atoms with Gasteiger partial charge in [0.1, 0.15) is 11.6 Å². The third-order valence-corrected chi connectivity index (χ3v) is 8.79. The quantitative estimate of drug-likeness (QED) is 0.130. The number of rotatable bonds is 15. The number of hydrogen-bond donors (Lipinski definition) is 3. The molecule has 0 aliphatic heterocycles. The van der Waals surface area contributed by atoms with Gasteiger partial charge in [-0.3, -0.25) is 9.59 Å². The van der Waals surface area contributed by atoms with Crippen LogP contribution in [0.2, 0.25) is 0 Å². The van der Waals surface area contributed by atoms with Crippen molar-refractivity contribution in [2.75, 3.05) is 28.4 Å². The van der Waals surface area contributed by atoms with E-state index in [0.29, 0.717) is 40.4 Å². The highest BCUT2D eigenvalue weighted by atomic mass is 16.6. The Balaban J connectivity index is 1.65. The SMILES string of the molecule is COc1ccc(C2=CC(=O)CCc3c2cc(OC)c(OC)c3OC)cc1OC(=O)C(CC(C)C)NC(=O)C(O)C(Cc1ccccc1)NC(=O)OC(C)(C)C. The molecule has 55 heavy (non-hydrogen) atoms. The summed E-state index contributed by atoms with van der Waals surface area (Å²) in [6.45, 7) is 8.85. The molecule has 0 fully saturated rings. The van der Waals surface area contributed by atoms with Gasteiger partial charge >= 0.3 is 12.1 Å². The molecule has 3 aromatic carbocycles. The summed E-state index contributed by atoms with van der Waals surface area (Å²) in [6, 6.07) is 13.5. The summed E-state index contributed by atoms with van der Waals surface area (Å²) in [5.74, 6) is -0.400. The lowest BCUT2D eigenvalue weighted by Crippen LogP contribution is -2.55. The highest BCUT2D eigenvalue weighted by molar-refractivity contribution is 6.03. The minimum atomic E-state index is -1.76. The van der Waals surface area contributed by atoms with Gasteiger partial charge in [-0.15, -0.1) is 0 Å². The van der Waals surface area contributed by atoms with Crippen molar-refractivity contribution in [1.29, 1.82) is 0 Å². The van der Waals surface area contributed by atoms with Crippen LogP contribution in [0.3, 0.4) is 0 Å². The minimum absolute atomic E-state index is 0.0358. The second-order valence-corrected chi connectivity index (χ2v) is 14.6. The smallest absolute Gasteiger partial charge is 0.407 e. The van der Waals surface area contributed by atoms with E-state index in [0.717, 1.165) is 11.1 Å². The number of ether oxygens (including phenoxy) is 6. The number of hydrogen-bond acceptors (Lipinski definition) is 11. The van der Waals surface area contributed by atoms with Crippen LogP contribution in [0, 0.1) is 5.92 Å². The van der Waals surface area contributed by atoms with Crippen molar-refractivity contribution in [2.45, 2.75) is 84.1 Å². The van der Waals surface area contributed by atoms with Crippen molar-refractivity contribution in [3.63, 3.8) is 0 Å². The molecule has 13 heteroatoms. The average Bonchev–Trinajstić information content (AvgIpc) is 3.30. The number of amides is 2. The fourth-order valence-corrected chi connectivity index (χ4v) is 6.30. The number of carbonyl (C=O) groups excluding carboxylic acids is 4. The van der Waals surface area contributed by atoms with Crippen LogP contribution >= 0.6 is 0 Å². The van der Waals surface area contributed by atoms with E-state index in [2.05, 4.69) is 10.6 Å². The van der Waals surface area contributed by atoms with Crippen molar-refractivity contribution < 1.29 is 52.7 Å². The molecule has 0 bridgehead atoms. The predicted molar refractivity (Wildman–Crippen MR) is 206 cm³/mol. The fourth-order valence-electron chi connectivity index (χ4n) is 6.30. The van der Waals surface area contributed by atoms with Gasteiger partial charge in [0, 0.05) is 12.0 Å². The lowest BCUT2D eigenvalue weighted by atomic mass is 9.92. The summed E-state index contributed by atoms with van der Waals surface area (Å²) in [7, 11) is 5.96. The average molecular weight is 761 g/mol. The van der Waals surface area contributed by atoms with Gasteiger partial charge in [0.2, 0.25) is 5.75 Å². The molecule has 3 unspecified atom stereocenters. The normalized spacial score (nSPS) is 14.3. The number of ketones is 1. The first-order valence-corrected chi connectivity index (χ1v) is 18.1. The maximum absolute atomic E-state index is 13.9. The Kier molecular flexibility index (Phi) is 14.3. The summed E-state index contributed by atoms with van der Waals surface area (Å²) >= 11 is 0. The van der Waals surface area contributed by atoms with Crippen LogP contribution in [-0.4, -0.2) is 81.1 Å². The second-order valence-electron chi connectivity index (χ2n) is 14.6. The Morgan fingerprint density at radius 3 is 2.09 bits per heavy atom. The van der Waals surface area contributed by atoms with E-state index >= 15 is 0 Å². The summed E-state index contributed by atoms with van der Waals surface area (Å²) in [5, 5.41) is 16.6. The summed E-state index contributed by atoms with van der Waals surface area (Å²) in [5.41, 5.74) is 2.42. The topological polar surface area (TPSA) is 168 Å². The molecule has 0 saturated heterocycles. The Labute approximate surface area is 322 Å². The summed E-state index contributed by atoms with van der Waals surface area (Å²) in [6.07, 6.45) is -0.166. The molecule has 0 saturated carbocycles. The molecule has 0 radical (unpaired) electrons. The van der Waals surface area contributed by atoms with Gasteiger partial charge in [0.15, 0.2) is 34.9 Å². The van der Waals surface area contributed by atoms with Crippen LogP contribution in [0.15, 0.2) is 60.7 Å². The first kappa shape index (κ1) is 42.2. The first-order valence-electron chi connectivity index (χ1n) is 18.1. The van der Waals surface area contributed by atoms with Crippen molar-refractivity contribution >= 4 is 29.3 Å². The number of methoxy groups -OCH3 is 4. The largest absolute Gasteiger partial charge is 0.493 e. The van der Waals surface area contributed by atoms with Crippen LogP contribution in [0.1, 0.15) is 69.7 Å². The molecule has 0 spiro atoms. The van der Waals surface area contributed by atoms with Crippen LogP contribution in [0.5, 0.6) is 28.7 Å². The fraction of sp³-hybridized carbons (Fsp3) is 0.429. The number of allylic oxidation sites excluding steroid dienone is 1. The molecule has 2 amide bonds. The Morgan fingerprint density at radius 2 is 1.49 bits per heavy atom. The molecular formula is C42H52N2O11. The molecule has 3 aromatic rings. The predicted octanol–water partition coefficient (Wildman–Crippen LogP) is 5.60. The number of fused-ring (bicyclic) bond motifs is 1. The number of esters is 1. The lowest BCUT2D eigenvalue weighted by Gasteiger charge is -2.28. The number of aliphatic hydroxyl groups is 1. The molecular weight excluding hydrogens is 708 g/mol. The third kappa shape index (κ3) is 11.0. The zero-order chi connectivity index (χ0) is 40.4. The Morgan fingerprint density at radius 1 is 0.818 bits per heavy atom. The molecule has 0 aromatic heterocycles. The van der Waals surface area contributed by atoms with Crippen molar-refractivity contribution in [2.24, 2.45) is 5.92 Å². The number of carbonyl (C=O) groups is 4. The molecule has 1 aliphatic carbocycles. The van der Waals surface area contributed by atoms with Crippen LogP contribution in [-0.2, 0) is 32.0 Å². The summed E-state index contributed by atoms with van der Waals surface area (Å²) < 4.78 is 33.8. The van der Waals surface area contributed by atoms with Gasteiger partial charge in [-0.2, -0.15) is 0 Å². The van der Waals surface area contributed by atoms with Crippen LogP contribution in [0.4, 0.5) is 4.79 Å². The third-order valence-electron chi connectivity index (χ3n) is 8.79. The Hall–Kier alpha value is -5.56. The first-order chi connectivity index (χ1) is 26.1. The van der Waals surface area contributed by atoms with Crippen molar-refractivity contribution in [3.8, 4) is 28.7 Å². The number of aliphatic hydroxyl groups excluding tert-OH is 1. The van der Waals surface area contributed by atoms with Crippen LogP contribution < -0.4 is 34.3 Å². The molecule has 4 rings (SSSR count). The molecule has 13 nitrogen and oxygen atoms in total. The molecule has 1 aliphatic rings. The minimum Gasteiger partial charge on any atom is -0.493 e. The van der Waals surface area contributed by atoms with E-state index in [-0.39, 0.29) is 42.5 Å². The van der Waals surface area contributed by atoms with Gasteiger partial charge in [0.05, 0.1) is 34.5 Å². The monoisotopic (exact) mass is 760 g/mol. The van der Waals surface area contributed by atoms with Gasteiger partial charge in [-0.05, 0) is 92.5 Å². The molecule has 296 valence electrons. The number of nitrogens with one attached hydrogen (secondary N) is 2. The summed E-state index contributed by atoms with van der Waals surface area (Å²) in [4.78, 5) is 53.4. The zero-order valence-corrected chi connectivity index (χ0v) is 32.9. The van der Waals surface area contributed by atoms with Crippen LogP contribution in [0.25, 0.3) is 5.57 Å². The lowest BCUT2D eigenvalue weighted by molar-refractivity contribution is -0.142. The Bertz CT molecular complexity index is 1880. The van der Waals surface area contributed by atoms with E-state index in [9.17, 15) is 24.3 Å². The van der Waals surface area contributed by atoms with E-state index in [1.54, 1.807) is 69.3 Å². The van der Waals surface area contributed by atoms with Gasteiger partial charge in [-0.25, -0.2) is 9.59 Å². The number of alkyl carbamates (subject to hydrolysis) is 1. The van der Waals surface area contributed by atoms with E-state index in [1.807, 2.05) is 19.9 Å². The highest BCUT2D eigenvalue weighted by Crippen LogP contribution is 2.47. The van der Waals surface area contributed by atoms with E-state index in [4.69, 9.17) is 28.4 Å². The van der Waals surface area contributed by atoms with E-state index < -0.39 is 41.8 Å². The van der Waals surface area contributed by atoms with E-state index in [1.165, 1.54) is 34.5 Å². The zero-order valence-electron chi connectivity index (χ0n) is 32.9. The van der Waals surface area contributed by atoms with Gasteiger partial charge in [0.25, 0.3) is 5.91 Å². The maximum Gasteiger partial charge on any atom is 0.407 e. The molecule has 3 N–H and O–H groups in total.